The van der Waals surface area contributed by atoms with Gasteiger partial charge in [-0.15, -0.1) is 0 Å². The van der Waals surface area contributed by atoms with E-state index < -0.39 is 51.8 Å². The first-order chi connectivity index (χ1) is 20.0. The number of carbonyl (C=O) groups is 2. The fourth-order valence-corrected chi connectivity index (χ4v) is 6.16. The van der Waals surface area contributed by atoms with Crippen molar-refractivity contribution in [3.8, 4) is 0 Å². The Morgan fingerprint density at radius 1 is 1.09 bits per heavy atom. The summed E-state index contributed by atoms with van der Waals surface area (Å²) >= 11 is 5.99. The number of benzene rings is 2. The summed E-state index contributed by atoms with van der Waals surface area (Å²) < 4.78 is 62.4. The van der Waals surface area contributed by atoms with Crippen molar-refractivity contribution in [2.24, 2.45) is 5.92 Å². The van der Waals surface area contributed by atoms with Crippen molar-refractivity contribution < 1.29 is 31.7 Å². The molecule has 4 atom stereocenters. The molecular weight excluding hydrogens is 605 g/mol. The highest BCUT2D eigenvalue weighted by atomic mass is 35.5. The molecule has 2 amide bonds. The summed E-state index contributed by atoms with van der Waals surface area (Å²) in [5, 5.41) is 3.21. The molecule has 0 saturated carbocycles. The first-order valence-corrected chi connectivity index (χ1v) is 15.7. The van der Waals surface area contributed by atoms with E-state index in [9.17, 15) is 27.0 Å². The number of alkyl halides is 3. The molecule has 236 valence electrons. The van der Waals surface area contributed by atoms with E-state index in [-0.39, 0.29) is 24.9 Å². The third kappa shape index (κ3) is 8.02. The number of anilines is 1. The van der Waals surface area contributed by atoms with Gasteiger partial charge in [0.2, 0.25) is 6.10 Å². The Morgan fingerprint density at radius 2 is 1.72 bits per heavy atom. The Bertz CT molecular complexity index is 1340. The molecule has 0 aromatic heterocycles. The van der Waals surface area contributed by atoms with Gasteiger partial charge in [0.05, 0.1) is 21.3 Å². The van der Waals surface area contributed by atoms with Gasteiger partial charge >= 0.3 is 12.3 Å². The van der Waals surface area contributed by atoms with E-state index in [2.05, 4.69) is 10.0 Å². The van der Waals surface area contributed by atoms with E-state index in [0.29, 0.717) is 41.3 Å². The number of cyclic esters (lactones) is 1. The van der Waals surface area contributed by atoms with Gasteiger partial charge in [0, 0.05) is 42.9 Å². The molecular formula is C30H38ClF3N4O4S. The number of amides is 2. The first-order valence-electron chi connectivity index (χ1n) is 14.2. The molecule has 13 heteroatoms. The maximum absolute atomic E-state index is 13.8. The molecule has 2 aliphatic rings. The molecule has 8 nitrogen and oxygen atoms in total. The monoisotopic (exact) mass is 642 g/mol. The van der Waals surface area contributed by atoms with Crippen molar-refractivity contribution in [1.82, 2.24) is 14.9 Å². The number of hydrogen-bond acceptors (Lipinski definition) is 5. The lowest BCUT2D eigenvalue weighted by atomic mass is 9.94. The summed E-state index contributed by atoms with van der Waals surface area (Å²) in [6, 6.07) is 9.18. The molecule has 2 aliphatic heterocycles. The molecule has 2 heterocycles. The van der Waals surface area contributed by atoms with Crippen LogP contribution in [0.1, 0.15) is 69.8 Å². The minimum absolute atomic E-state index is 0.114. The molecule has 2 fully saturated rings. The van der Waals surface area contributed by atoms with Crippen LogP contribution in [0.15, 0.2) is 42.5 Å². The minimum Gasteiger partial charge on any atom is -0.433 e. The van der Waals surface area contributed by atoms with E-state index in [4.69, 9.17) is 16.3 Å². The lowest BCUT2D eigenvalue weighted by Crippen LogP contribution is -2.52. The van der Waals surface area contributed by atoms with Gasteiger partial charge in [-0.2, -0.15) is 13.2 Å². The largest absolute Gasteiger partial charge is 0.433 e. The smallest absolute Gasteiger partial charge is 0.416 e. The van der Waals surface area contributed by atoms with Gasteiger partial charge in [-0.1, -0.05) is 37.6 Å². The fraction of sp³-hybridized carbons (Fsp3) is 0.533. The van der Waals surface area contributed by atoms with Crippen LogP contribution < -0.4 is 14.9 Å². The summed E-state index contributed by atoms with van der Waals surface area (Å²) in [7, 11) is -1.52. The third-order valence-corrected chi connectivity index (χ3v) is 9.32. The van der Waals surface area contributed by atoms with Crippen molar-refractivity contribution >= 4 is 40.3 Å². The maximum Gasteiger partial charge on any atom is 0.416 e. The van der Waals surface area contributed by atoms with Gasteiger partial charge in [0.1, 0.15) is 6.04 Å². The number of nitrogens with zero attached hydrogens (tertiary/aromatic N) is 2. The molecule has 0 spiro atoms. The number of hydrogen-bond donors (Lipinski definition) is 2. The zero-order chi connectivity index (χ0) is 31.7. The van der Waals surface area contributed by atoms with Crippen LogP contribution in [0.4, 0.5) is 23.7 Å². The molecule has 4 rings (SSSR count). The molecule has 2 saturated heterocycles. The normalized spacial score (nSPS) is 21.0. The highest BCUT2D eigenvalue weighted by Gasteiger charge is 2.43. The van der Waals surface area contributed by atoms with Crippen molar-refractivity contribution in [3.05, 3.63) is 64.2 Å². The highest BCUT2D eigenvalue weighted by Crippen LogP contribution is 2.38. The number of rotatable bonds is 8. The Kier molecular flexibility index (Phi) is 10.0. The molecule has 2 N–H and O–H groups in total. The van der Waals surface area contributed by atoms with Crippen molar-refractivity contribution in [1.29, 1.82) is 0 Å². The second-order valence-corrected chi connectivity index (χ2v) is 14.7. The van der Waals surface area contributed by atoms with Crippen molar-refractivity contribution in [3.63, 3.8) is 0 Å². The van der Waals surface area contributed by atoms with Crippen LogP contribution >= 0.6 is 11.6 Å². The van der Waals surface area contributed by atoms with E-state index in [1.807, 2.05) is 18.7 Å². The van der Waals surface area contributed by atoms with Crippen LogP contribution in [0.5, 0.6) is 0 Å². The third-order valence-electron chi connectivity index (χ3n) is 7.46. The van der Waals surface area contributed by atoms with Gasteiger partial charge < -0.3 is 19.9 Å². The number of ether oxygens (including phenoxy) is 1. The SMILES string of the molecule is CC(C)C[C@H](NS(=O)C(C)(C)C)c1cc(C(F)(F)F)ccc1N1CCN(C(=O)[C@@H]2OC(=O)N[C@H]2c2ccc(Cl)cc2)CC1. The number of alkyl carbamates (subject to hydrolysis) is 1. The second kappa shape index (κ2) is 13.0. The zero-order valence-corrected chi connectivity index (χ0v) is 26.4. The lowest BCUT2D eigenvalue weighted by Gasteiger charge is -2.39. The predicted molar refractivity (Wildman–Crippen MR) is 161 cm³/mol. The maximum atomic E-state index is 13.8. The van der Waals surface area contributed by atoms with Crippen LogP contribution in [0.3, 0.4) is 0 Å². The second-order valence-electron chi connectivity index (χ2n) is 12.3. The zero-order valence-electron chi connectivity index (χ0n) is 24.8. The quantitative estimate of drug-likeness (QED) is 0.369. The molecule has 1 unspecified atom stereocenters. The molecule has 0 aliphatic carbocycles. The lowest BCUT2D eigenvalue weighted by molar-refractivity contribution is -0.140. The molecule has 0 bridgehead atoms. The van der Waals surface area contributed by atoms with E-state index in [0.717, 1.165) is 12.1 Å². The fourth-order valence-electron chi connectivity index (χ4n) is 5.20. The van der Waals surface area contributed by atoms with Crippen LogP contribution in [0.25, 0.3) is 0 Å². The van der Waals surface area contributed by atoms with Gasteiger partial charge in [-0.3, -0.25) is 4.79 Å². The Hall–Kier alpha value is -2.83. The topological polar surface area (TPSA) is 91.0 Å². The Labute approximate surface area is 257 Å². The average Bonchev–Trinajstić information content (AvgIpc) is 3.32. The standard InChI is InChI=1S/C30H38ClF3N4O4S/c1-18(2)16-23(36-43(41)29(3,4)5)22-17-20(30(32,33)34)8-11-24(22)37-12-14-38(15-13-37)27(39)26-25(35-28(40)42-26)19-6-9-21(31)10-7-19/h6-11,17-18,23,25-26,36H,12-16H2,1-5H3,(H,35,40)/t23-,25-,26+,43?/m0/s1. The van der Waals surface area contributed by atoms with Crippen molar-refractivity contribution in [2.45, 2.75) is 70.2 Å². The highest BCUT2D eigenvalue weighted by molar-refractivity contribution is 7.84. The number of carbonyl (C=O) groups excluding carboxylic acids is 2. The molecule has 2 aromatic rings. The van der Waals surface area contributed by atoms with Crippen molar-refractivity contribution in [2.75, 3.05) is 31.1 Å². The first kappa shape index (κ1) is 33.1. The summed E-state index contributed by atoms with van der Waals surface area (Å²) in [5.74, 6) is -0.242. The van der Waals surface area contributed by atoms with Gasteiger partial charge in [-0.05, 0) is 74.6 Å². The number of halogens is 4. The average molecular weight is 643 g/mol. The van der Waals surface area contributed by atoms with Gasteiger partial charge in [-0.25, -0.2) is 13.7 Å². The Balaban J connectivity index is 1.57. The Morgan fingerprint density at radius 3 is 2.28 bits per heavy atom. The summed E-state index contributed by atoms with van der Waals surface area (Å²) in [6.07, 6.45) is -5.82. The number of piperazine rings is 1. The van der Waals surface area contributed by atoms with Gasteiger partial charge in [0.15, 0.2) is 0 Å². The van der Waals surface area contributed by atoms with Crippen LogP contribution in [-0.2, 0) is 26.7 Å². The molecule has 43 heavy (non-hydrogen) atoms. The summed E-state index contributed by atoms with van der Waals surface area (Å²) in [5.41, 5.74) is 0.911. The predicted octanol–water partition coefficient (Wildman–Crippen LogP) is 6.00. The minimum atomic E-state index is -4.54. The molecule has 0 radical (unpaired) electrons. The van der Waals surface area contributed by atoms with E-state index in [1.165, 1.54) is 6.07 Å². The number of nitrogens with one attached hydrogen (secondary N) is 2. The van der Waals surface area contributed by atoms with Gasteiger partial charge in [0.25, 0.3) is 5.91 Å². The van der Waals surface area contributed by atoms with Crippen LogP contribution in [-0.4, -0.2) is 58.1 Å². The van der Waals surface area contributed by atoms with Crippen LogP contribution in [0, 0.1) is 5.92 Å². The van der Waals surface area contributed by atoms with Crippen LogP contribution in [0.2, 0.25) is 5.02 Å². The van der Waals surface area contributed by atoms with E-state index >= 15 is 0 Å². The summed E-state index contributed by atoms with van der Waals surface area (Å²) in [4.78, 5) is 29.2. The molecule has 2 aromatic carbocycles. The summed E-state index contributed by atoms with van der Waals surface area (Å²) in [6.45, 7) is 10.6. The van der Waals surface area contributed by atoms with E-state index in [1.54, 1.807) is 49.9 Å².